The highest BCUT2D eigenvalue weighted by Gasteiger charge is 2.33. The Balaban J connectivity index is 1.60. The molecule has 0 saturated carbocycles. The summed E-state index contributed by atoms with van der Waals surface area (Å²) < 4.78 is 1.97. The Hall–Kier alpha value is -1.93. The predicted octanol–water partition coefficient (Wildman–Crippen LogP) is 0.287. The van der Waals surface area contributed by atoms with E-state index in [9.17, 15) is 9.59 Å². The zero-order valence-electron chi connectivity index (χ0n) is 15.3. The number of likely N-dealkylation sites (N-methyl/N-ethyl adjacent to an activating group) is 1. The first kappa shape index (κ1) is 17.9. The third-order valence-electron chi connectivity index (χ3n) is 5.36. The van der Waals surface area contributed by atoms with Crippen LogP contribution < -0.4 is 5.32 Å². The maximum absolute atomic E-state index is 11.7. The number of rotatable bonds is 6. The highest BCUT2D eigenvalue weighted by Crippen LogP contribution is 2.35. The Labute approximate surface area is 148 Å². The Kier molecular flexibility index (Phi) is 5.39. The highest BCUT2D eigenvalue weighted by molar-refractivity contribution is 6.01. The number of nitrogens with zero attached hydrogens (tertiary/aromatic N) is 5. The average Bonchev–Trinajstić information content (AvgIpc) is 3.12. The standard InChI is InChI=1S/C17H28N6O2/c1-20(9-10-23-15(24)11-18-17(23)25)12-13-5-4-8-21(2)16(13)14-6-7-19-22(14)3/h6-7,13,16H,4-5,8-12H2,1-3H3,(H,18,25)/t13-,16+/m0/s1. The van der Waals surface area contributed by atoms with Crippen molar-refractivity contribution in [2.24, 2.45) is 13.0 Å². The van der Waals surface area contributed by atoms with Crippen molar-refractivity contribution in [3.63, 3.8) is 0 Å². The third-order valence-corrected chi connectivity index (χ3v) is 5.36. The number of nitrogens with one attached hydrogen (secondary N) is 1. The van der Waals surface area contributed by atoms with E-state index < -0.39 is 0 Å². The molecule has 0 aromatic carbocycles. The van der Waals surface area contributed by atoms with Gasteiger partial charge in [0.15, 0.2) is 0 Å². The minimum absolute atomic E-state index is 0.124. The SMILES string of the molecule is CN(CCN1C(=O)CNC1=O)C[C@@H]1CCCN(C)[C@H]1c1ccnn1C. The lowest BCUT2D eigenvalue weighted by Gasteiger charge is -2.40. The summed E-state index contributed by atoms with van der Waals surface area (Å²) in [6.45, 7) is 3.29. The molecule has 2 aliphatic heterocycles. The zero-order valence-corrected chi connectivity index (χ0v) is 15.3. The smallest absolute Gasteiger partial charge is 0.324 e. The highest BCUT2D eigenvalue weighted by atomic mass is 16.2. The van der Waals surface area contributed by atoms with Crippen LogP contribution in [0, 0.1) is 5.92 Å². The third kappa shape index (κ3) is 3.85. The topological polar surface area (TPSA) is 73.7 Å². The Morgan fingerprint density at radius 1 is 1.36 bits per heavy atom. The van der Waals surface area contributed by atoms with Gasteiger partial charge < -0.3 is 10.2 Å². The van der Waals surface area contributed by atoms with Crippen LogP contribution in [0.15, 0.2) is 12.3 Å². The summed E-state index contributed by atoms with van der Waals surface area (Å²) in [7, 11) is 6.24. The van der Waals surface area contributed by atoms with Gasteiger partial charge >= 0.3 is 6.03 Å². The summed E-state index contributed by atoms with van der Waals surface area (Å²) in [5.41, 5.74) is 1.25. The zero-order chi connectivity index (χ0) is 18.0. The molecule has 2 fully saturated rings. The summed E-state index contributed by atoms with van der Waals surface area (Å²) in [5.74, 6) is 0.366. The van der Waals surface area contributed by atoms with Gasteiger partial charge in [-0.25, -0.2) is 4.79 Å². The lowest BCUT2D eigenvalue weighted by Crippen LogP contribution is -2.44. The van der Waals surface area contributed by atoms with Crippen molar-refractivity contribution in [3.8, 4) is 0 Å². The lowest BCUT2D eigenvalue weighted by molar-refractivity contribution is -0.125. The normalized spacial score (nSPS) is 25.0. The lowest BCUT2D eigenvalue weighted by atomic mass is 9.87. The molecule has 25 heavy (non-hydrogen) atoms. The molecule has 1 aromatic heterocycles. The molecule has 2 aliphatic rings. The molecular formula is C17H28N6O2. The fourth-order valence-electron chi connectivity index (χ4n) is 4.04. The van der Waals surface area contributed by atoms with E-state index in [0.717, 1.165) is 13.1 Å². The molecule has 1 aromatic rings. The van der Waals surface area contributed by atoms with E-state index in [1.807, 2.05) is 17.9 Å². The summed E-state index contributed by atoms with van der Waals surface area (Å²) in [5, 5.41) is 6.90. The van der Waals surface area contributed by atoms with E-state index in [0.29, 0.717) is 25.0 Å². The average molecular weight is 348 g/mol. The molecule has 0 aliphatic carbocycles. The number of hydrogen-bond acceptors (Lipinski definition) is 5. The molecule has 8 heteroatoms. The van der Waals surface area contributed by atoms with Crippen molar-refractivity contribution in [1.29, 1.82) is 0 Å². The van der Waals surface area contributed by atoms with Gasteiger partial charge in [-0.3, -0.25) is 19.3 Å². The number of hydrogen-bond donors (Lipinski definition) is 1. The molecule has 0 unspecified atom stereocenters. The van der Waals surface area contributed by atoms with Gasteiger partial charge in [-0.05, 0) is 45.5 Å². The molecule has 0 spiro atoms. The van der Waals surface area contributed by atoms with Gasteiger partial charge in [0.25, 0.3) is 0 Å². The number of aryl methyl sites for hydroxylation is 1. The fourth-order valence-corrected chi connectivity index (χ4v) is 4.04. The monoisotopic (exact) mass is 348 g/mol. The van der Waals surface area contributed by atoms with Crippen molar-refractivity contribution >= 4 is 11.9 Å². The van der Waals surface area contributed by atoms with Crippen molar-refractivity contribution in [3.05, 3.63) is 18.0 Å². The number of carbonyl (C=O) groups is 2. The maximum atomic E-state index is 11.7. The summed E-state index contributed by atoms with van der Waals surface area (Å²) in [4.78, 5) is 29.3. The summed E-state index contributed by atoms with van der Waals surface area (Å²) in [6.07, 6.45) is 4.22. The van der Waals surface area contributed by atoms with Gasteiger partial charge in [0.1, 0.15) is 0 Å². The number of likely N-dealkylation sites (tertiary alicyclic amines) is 1. The number of piperidine rings is 1. The van der Waals surface area contributed by atoms with Crippen LogP contribution in [0.1, 0.15) is 24.6 Å². The van der Waals surface area contributed by atoms with E-state index in [1.54, 1.807) is 0 Å². The van der Waals surface area contributed by atoms with E-state index >= 15 is 0 Å². The van der Waals surface area contributed by atoms with Gasteiger partial charge in [0.05, 0.1) is 18.3 Å². The number of amides is 3. The first-order valence-corrected chi connectivity index (χ1v) is 8.92. The molecule has 2 saturated heterocycles. The molecule has 3 rings (SSSR count). The first-order valence-electron chi connectivity index (χ1n) is 8.92. The number of aromatic nitrogens is 2. The van der Waals surface area contributed by atoms with E-state index in [2.05, 4.69) is 40.4 Å². The van der Waals surface area contributed by atoms with Crippen molar-refractivity contribution < 1.29 is 9.59 Å². The Morgan fingerprint density at radius 3 is 2.80 bits per heavy atom. The molecule has 0 bridgehead atoms. The Morgan fingerprint density at radius 2 is 2.16 bits per heavy atom. The van der Waals surface area contributed by atoms with Gasteiger partial charge in [-0.15, -0.1) is 0 Å². The fraction of sp³-hybridized carbons (Fsp3) is 0.706. The molecule has 2 atom stereocenters. The molecular weight excluding hydrogens is 320 g/mol. The summed E-state index contributed by atoms with van der Waals surface area (Å²) >= 11 is 0. The van der Waals surface area contributed by atoms with Crippen LogP contribution in [0.4, 0.5) is 4.79 Å². The van der Waals surface area contributed by atoms with E-state index in [1.165, 1.54) is 23.4 Å². The molecule has 8 nitrogen and oxygen atoms in total. The van der Waals surface area contributed by atoms with Crippen molar-refractivity contribution in [1.82, 2.24) is 29.8 Å². The van der Waals surface area contributed by atoms with Gasteiger partial charge in [-0.1, -0.05) is 0 Å². The second-order valence-corrected chi connectivity index (χ2v) is 7.17. The van der Waals surface area contributed by atoms with Crippen molar-refractivity contribution in [2.75, 3.05) is 46.8 Å². The van der Waals surface area contributed by atoms with Crippen LogP contribution in [-0.2, 0) is 11.8 Å². The Bertz CT molecular complexity index is 614. The quantitative estimate of drug-likeness (QED) is 0.748. The number of carbonyl (C=O) groups excluding carboxylic acids is 2. The van der Waals surface area contributed by atoms with Crippen LogP contribution >= 0.6 is 0 Å². The molecule has 0 radical (unpaired) electrons. The largest absolute Gasteiger partial charge is 0.329 e. The van der Waals surface area contributed by atoms with Crippen LogP contribution in [0.25, 0.3) is 0 Å². The second kappa shape index (κ2) is 7.53. The van der Waals surface area contributed by atoms with Crippen molar-refractivity contribution in [2.45, 2.75) is 18.9 Å². The minimum Gasteiger partial charge on any atom is -0.329 e. The van der Waals surface area contributed by atoms with E-state index in [-0.39, 0.29) is 18.5 Å². The molecule has 3 amide bonds. The number of urea groups is 1. The molecule has 138 valence electrons. The summed E-state index contributed by atoms with van der Waals surface area (Å²) in [6, 6.07) is 2.18. The molecule has 1 N–H and O–H groups in total. The van der Waals surface area contributed by atoms with Crippen LogP contribution in [-0.4, -0.2) is 83.2 Å². The van der Waals surface area contributed by atoms with Crippen LogP contribution in [0.2, 0.25) is 0 Å². The minimum atomic E-state index is -0.274. The second-order valence-electron chi connectivity index (χ2n) is 7.17. The van der Waals surface area contributed by atoms with Crippen LogP contribution in [0.5, 0.6) is 0 Å². The van der Waals surface area contributed by atoms with Gasteiger partial charge in [0.2, 0.25) is 5.91 Å². The number of imide groups is 1. The van der Waals surface area contributed by atoms with Crippen LogP contribution in [0.3, 0.4) is 0 Å². The maximum Gasteiger partial charge on any atom is 0.324 e. The van der Waals surface area contributed by atoms with Gasteiger partial charge in [0, 0.05) is 32.9 Å². The predicted molar refractivity (Wildman–Crippen MR) is 93.9 cm³/mol. The van der Waals surface area contributed by atoms with E-state index in [4.69, 9.17) is 0 Å². The van der Waals surface area contributed by atoms with Gasteiger partial charge in [-0.2, -0.15) is 5.10 Å². The first-order chi connectivity index (χ1) is 12.0. The molecule has 3 heterocycles.